The highest BCUT2D eigenvalue weighted by Crippen LogP contribution is 2.50. The summed E-state index contributed by atoms with van der Waals surface area (Å²) < 4.78 is 73.1. The van der Waals surface area contributed by atoms with Crippen molar-refractivity contribution < 1.29 is 31.6 Å². The quantitative estimate of drug-likeness (QED) is 0.157. The Kier molecular flexibility index (Phi) is 7.38. The van der Waals surface area contributed by atoms with Crippen LogP contribution in [0.4, 0.5) is 17.6 Å². The fourth-order valence-electron chi connectivity index (χ4n) is 6.87. The maximum absolute atomic E-state index is 14.9. The van der Waals surface area contributed by atoms with Gasteiger partial charge in [0.2, 0.25) is 5.82 Å². The molecular formula is C35H29ClF4N6O3. The van der Waals surface area contributed by atoms with Gasteiger partial charge in [-0.15, -0.1) is 0 Å². The van der Waals surface area contributed by atoms with Crippen LogP contribution in [-0.4, -0.2) is 37.7 Å². The van der Waals surface area contributed by atoms with Crippen molar-refractivity contribution in [1.29, 1.82) is 5.26 Å². The van der Waals surface area contributed by atoms with Crippen molar-refractivity contribution in [2.75, 3.05) is 13.1 Å². The molecule has 1 saturated heterocycles. The molecule has 0 spiro atoms. The van der Waals surface area contributed by atoms with Crippen LogP contribution in [0.3, 0.4) is 0 Å². The molecule has 49 heavy (non-hydrogen) atoms. The highest BCUT2D eigenvalue weighted by Gasteiger charge is 2.45. The van der Waals surface area contributed by atoms with Crippen molar-refractivity contribution in [2.45, 2.75) is 63.6 Å². The van der Waals surface area contributed by atoms with E-state index in [9.17, 15) is 22.8 Å². The Hall–Kier alpha value is -4.67. The van der Waals surface area contributed by atoms with E-state index in [4.69, 9.17) is 26.1 Å². The summed E-state index contributed by atoms with van der Waals surface area (Å²) in [4.78, 5) is 10.7. The number of halogens is 5. The number of hydrogen-bond acceptors (Lipinski definition) is 8. The third-order valence-electron chi connectivity index (χ3n) is 9.73. The molecule has 2 aliphatic heterocycles. The number of ether oxygens (including phenoxy) is 2. The molecule has 3 aromatic carbocycles. The Morgan fingerprint density at radius 1 is 1.04 bits per heavy atom. The average molecular weight is 693 g/mol. The summed E-state index contributed by atoms with van der Waals surface area (Å²) >= 11 is 5.97. The highest BCUT2D eigenvalue weighted by molar-refractivity contribution is 6.30. The Balaban J connectivity index is 1.01. The van der Waals surface area contributed by atoms with Crippen molar-refractivity contribution in [1.82, 2.24) is 24.6 Å². The van der Waals surface area contributed by atoms with Gasteiger partial charge in [-0.2, -0.15) is 23.4 Å². The van der Waals surface area contributed by atoms with E-state index in [0.29, 0.717) is 35.7 Å². The average Bonchev–Trinajstić information content (AvgIpc) is 3.35. The van der Waals surface area contributed by atoms with Gasteiger partial charge >= 0.3 is 12.1 Å². The lowest BCUT2D eigenvalue weighted by Crippen LogP contribution is -2.34. The number of fused-ring (bicyclic) bond motifs is 2. The van der Waals surface area contributed by atoms with Crippen LogP contribution >= 0.6 is 11.6 Å². The van der Waals surface area contributed by atoms with E-state index in [1.54, 1.807) is 37.3 Å². The van der Waals surface area contributed by atoms with Crippen LogP contribution in [-0.2, 0) is 25.1 Å². The molecule has 1 saturated carbocycles. The van der Waals surface area contributed by atoms with Crippen LogP contribution in [0, 0.1) is 22.6 Å². The first-order valence-corrected chi connectivity index (χ1v) is 16.3. The predicted octanol–water partition coefficient (Wildman–Crippen LogP) is 8.23. The number of aromatic nitrogens is 4. The summed E-state index contributed by atoms with van der Waals surface area (Å²) in [6, 6.07) is 17.7. The first kappa shape index (κ1) is 31.6. The van der Waals surface area contributed by atoms with Crippen LogP contribution in [0.25, 0.3) is 22.4 Å². The van der Waals surface area contributed by atoms with Crippen LogP contribution in [0.2, 0.25) is 5.02 Å². The summed E-state index contributed by atoms with van der Waals surface area (Å²) in [5.74, 6) is -1.30. The van der Waals surface area contributed by atoms with Crippen LogP contribution in [0.1, 0.15) is 61.4 Å². The number of likely N-dealkylation sites (tertiary alicyclic amines) is 1. The molecule has 1 unspecified atom stereocenters. The van der Waals surface area contributed by atoms with Gasteiger partial charge in [0, 0.05) is 29.6 Å². The van der Waals surface area contributed by atoms with Gasteiger partial charge in [0.25, 0.3) is 5.79 Å². The number of benzene rings is 3. The topological polar surface area (TPSA) is 102 Å². The maximum atomic E-state index is 14.9. The smallest absolute Gasteiger partial charge is 0.444 e. The fourth-order valence-corrected chi connectivity index (χ4v) is 7.03. The van der Waals surface area contributed by atoms with Crippen molar-refractivity contribution in [3.63, 3.8) is 0 Å². The number of rotatable bonds is 7. The Morgan fingerprint density at radius 3 is 2.53 bits per heavy atom. The van der Waals surface area contributed by atoms with Gasteiger partial charge in [0.15, 0.2) is 11.5 Å². The fraction of sp³-hybridized carbons (Fsp3) is 0.371. The van der Waals surface area contributed by atoms with Crippen molar-refractivity contribution in [3.05, 3.63) is 88.3 Å². The van der Waals surface area contributed by atoms with Gasteiger partial charge in [-0.05, 0) is 87.2 Å². The molecule has 0 N–H and O–H groups in total. The summed E-state index contributed by atoms with van der Waals surface area (Å²) in [5.41, 5.74) is 2.52. The molecule has 0 radical (unpaired) electrons. The van der Waals surface area contributed by atoms with Gasteiger partial charge in [-0.25, -0.2) is 9.37 Å². The largest absolute Gasteiger partial charge is 0.471 e. The molecule has 252 valence electrons. The van der Waals surface area contributed by atoms with E-state index in [1.807, 2.05) is 18.2 Å². The van der Waals surface area contributed by atoms with Crippen LogP contribution in [0.15, 0.2) is 59.1 Å². The lowest BCUT2D eigenvalue weighted by molar-refractivity contribution is -0.159. The molecule has 1 aliphatic carbocycles. The monoisotopic (exact) mass is 692 g/mol. The minimum Gasteiger partial charge on any atom is -0.444 e. The van der Waals surface area contributed by atoms with Gasteiger partial charge in [0.1, 0.15) is 11.6 Å². The highest BCUT2D eigenvalue weighted by atomic mass is 35.5. The summed E-state index contributed by atoms with van der Waals surface area (Å²) in [5, 5.41) is 13.7. The summed E-state index contributed by atoms with van der Waals surface area (Å²) in [6.45, 7) is 4.23. The van der Waals surface area contributed by atoms with Crippen molar-refractivity contribution >= 4 is 22.6 Å². The summed E-state index contributed by atoms with van der Waals surface area (Å²) in [7, 11) is 0. The minimum absolute atomic E-state index is 0.177. The van der Waals surface area contributed by atoms with Gasteiger partial charge in [0.05, 0.1) is 34.6 Å². The standard InChI is InChI=1S/C35H29ClF4N6O3/c1-33(24-7-6-22(36)16-25(24)37)47-28-4-2-3-23(30(28)48-33)20-9-13-45(14-10-20)17-29-42-26-15-21(31-43-32(49-44-31)35(38,39)40)5-8-27(26)46(29)19-34(18-41)11-12-34/h2-8,15-16,20H,9-14,17,19H2,1H3. The van der Waals surface area contributed by atoms with Gasteiger partial charge < -0.3 is 18.6 Å². The number of alkyl halides is 3. The molecule has 4 heterocycles. The molecule has 14 heteroatoms. The van der Waals surface area contributed by atoms with E-state index in [0.717, 1.165) is 55.7 Å². The van der Waals surface area contributed by atoms with Crippen molar-refractivity contribution in [2.24, 2.45) is 5.41 Å². The number of piperidine rings is 1. The third-order valence-corrected chi connectivity index (χ3v) is 9.96. The lowest BCUT2D eigenvalue weighted by Gasteiger charge is -2.32. The van der Waals surface area contributed by atoms with Crippen molar-refractivity contribution in [3.8, 4) is 29.0 Å². The van der Waals surface area contributed by atoms with Gasteiger partial charge in [-0.1, -0.05) is 28.9 Å². The Labute approximate surface area is 283 Å². The zero-order valence-electron chi connectivity index (χ0n) is 26.2. The van der Waals surface area contributed by atoms with Crippen LogP contribution < -0.4 is 9.47 Å². The first-order chi connectivity index (χ1) is 23.4. The predicted molar refractivity (Wildman–Crippen MR) is 169 cm³/mol. The zero-order valence-corrected chi connectivity index (χ0v) is 27.0. The molecular weight excluding hydrogens is 664 g/mol. The minimum atomic E-state index is -4.74. The lowest BCUT2D eigenvalue weighted by atomic mass is 9.88. The second-order valence-electron chi connectivity index (χ2n) is 13.1. The van der Waals surface area contributed by atoms with E-state index < -0.39 is 29.1 Å². The molecule has 2 fully saturated rings. The number of para-hydroxylation sites is 1. The molecule has 8 rings (SSSR count). The first-order valence-electron chi connectivity index (χ1n) is 15.9. The molecule has 5 aromatic rings. The SMILES string of the molecule is CC1(c2ccc(Cl)cc2F)Oc2cccc(C3CCN(Cc4nc5cc(-c6noc(C(F)(F)F)n6)ccc5n4CC4(C#N)CC4)CC3)c2O1. The maximum Gasteiger partial charge on any atom is 0.471 e. The molecule has 0 bridgehead atoms. The normalized spacial score (nSPS) is 20.5. The van der Waals surface area contributed by atoms with E-state index in [1.165, 1.54) is 6.07 Å². The van der Waals surface area contributed by atoms with E-state index in [-0.39, 0.29) is 22.3 Å². The number of hydrogen-bond donors (Lipinski definition) is 0. The Bertz CT molecular complexity index is 2130. The van der Waals surface area contributed by atoms with E-state index in [2.05, 4.69) is 30.2 Å². The molecule has 9 nitrogen and oxygen atoms in total. The number of nitrogens with zero attached hydrogens (tertiary/aromatic N) is 6. The molecule has 3 aliphatic rings. The van der Waals surface area contributed by atoms with Crippen LogP contribution in [0.5, 0.6) is 11.5 Å². The zero-order chi connectivity index (χ0) is 34.1. The molecule has 2 aromatic heterocycles. The number of imidazole rings is 1. The molecule has 1 atom stereocenters. The number of nitriles is 1. The third kappa shape index (κ3) is 5.76. The van der Waals surface area contributed by atoms with Gasteiger partial charge in [-0.3, -0.25) is 4.90 Å². The molecule has 0 amide bonds. The second kappa shape index (κ2) is 11.5. The summed E-state index contributed by atoms with van der Waals surface area (Å²) in [6.07, 6.45) is -1.49. The van der Waals surface area contributed by atoms with E-state index >= 15 is 0 Å². The Morgan fingerprint density at radius 2 is 1.84 bits per heavy atom. The second-order valence-corrected chi connectivity index (χ2v) is 13.6.